The van der Waals surface area contributed by atoms with Crippen LogP contribution in [0, 0.1) is 6.57 Å². The van der Waals surface area contributed by atoms with Crippen LogP contribution in [0.1, 0.15) is 30.0 Å². The molecule has 0 saturated carbocycles. The van der Waals surface area contributed by atoms with Crippen molar-refractivity contribution in [1.29, 1.82) is 0 Å². The smallest absolute Gasteiger partial charge is 0.330 e. The second-order valence-electron chi connectivity index (χ2n) is 5.10. The van der Waals surface area contributed by atoms with Crippen molar-refractivity contribution in [3.63, 3.8) is 0 Å². The SMILES string of the molecule is [C-]#[N+]CCN1CCCC1c1ccc(/C=C/C(=O)OC)cc1. The minimum absolute atomic E-state index is 0.347. The van der Waals surface area contributed by atoms with Gasteiger partial charge < -0.3 is 9.58 Å². The standard InChI is InChI=1S/C17H20N2O2/c1-18-11-13-19-12-3-4-16(19)15-8-5-14(6-9-15)7-10-17(20)21-2/h5-10,16H,3-4,11-13H2,2H3/b10-7+. The summed E-state index contributed by atoms with van der Waals surface area (Å²) < 4.78 is 4.57. The van der Waals surface area contributed by atoms with E-state index < -0.39 is 0 Å². The summed E-state index contributed by atoms with van der Waals surface area (Å²) in [7, 11) is 1.37. The van der Waals surface area contributed by atoms with Crippen molar-refractivity contribution in [3.8, 4) is 0 Å². The molecule has 4 heteroatoms. The summed E-state index contributed by atoms with van der Waals surface area (Å²) in [6.45, 7) is 9.40. The molecule has 0 bridgehead atoms. The van der Waals surface area contributed by atoms with Gasteiger partial charge in [-0.3, -0.25) is 4.90 Å². The van der Waals surface area contributed by atoms with E-state index in [1.54, 1.807) is 6.08 Å². The second-order valence-corrected chi connectivity index (χ2v) is 5.10. The molecule has 1 aliphatic rings. The molecule has 2 rings (SSSR count). The molecule has 0 spiro atoms. The molecule has 0 aromatic heterocycles. The maximum Gasteiger partial charge on any atom is 0.330 e. The number of carbonyl (C=O) groups excluding carboxylic acids is 1. The predicted molar refractivity (Wildman–Crippen MR) is 82.5 cm³/mol. The molecule has 1 saturated heterocycles. The van der Waals surface area contributed by atoms with Crippen molar-refractivity contribution >= 4 is 12.0 Å². The van der Waals surface area contributed by atoms with Crippen LogP contribution in [0.2, 0.25) is 0 Å². The Morgan fingerprint density at radius 2 is 2.24 bits per heavy atom. The minimum atomic E-state index is -0.347. The molecule has 0 radical (unpaired) electrons. The quantitative estimate of drug-likeness (QED) is 0.473. The first-order valence-electron chi connectivity index (χ1n) is 7.18. The molecule has 1 atom stereocenters. The molecule has 1 unspecified atom stereocenters. The molecule has 1 aromatic carbocycles. The Labute approximate surface area is 125 Å². The van der Waals surface area contributed by atoms with Crippen LogP contribution in [0.4, 0.5) is 0 Å². The normalized spacial score (nSPS) is 18.8. The Morgan fingerprint density at radius 1 is 1.48 bits per heavy atom. The van der Waals surface area contributed by atoms with Gasteiger partial charge >= 0.3 is 5.97 Å². The summed E-state index contributed by atoms with van der Waals surface area (Å²) in [5.74, 6) is -0.347. The van der Waals surface area contributed by atoms with Crippen LogP contribution >= 0.6 is 0 Å². The van der Waals surface area contributed by atoms with Crippen LogP contribution in [0.3, 0.4) is 0 Å². The second kappa shape index (κ2) is 7.61. The molecule has 1 aliphatic heterocycles. The Balaban J connectivity index is 2.03. The Hall–Kier alpha value is -2.12. The lowest BCUT2D eigenvalue weighted by Crippen LogP contribution is -2.25. The van der Waals surface area contributed by atoms with Gasteiger partial charge in [-0.1, -0.05) is 24.3 Å². The van der Waals surface area contributed by atoms with Gasteiger partial charge in [0.1, 0.15) is 0 Å². The predicted octanol–water partition coefficient (Wildman–Crippen LogP) is 2.93. The summed E-state index contributed by atoms with van der Waals surface area (Å²) in [6.07, 6.45) is 5.51. The average Bonchev–Trinajstić information content (AvgIpc) is 2.99. The number of carbonyl (C=O) groups is 1. The zero-order valence-electron chi connectivity index (χ0n) is 12.3. The molecule has 110 valence electrons. The van der Waals surface area contributed by atoms with Crippen molar-refractivity contribution < 1.29 is 9.53 Å². The van der Waals surface area contributed by atoms with E-state index >= 15 is 0 Å². The van der Waals surface area contributed by atoms with Gasteiger partial charge in [-0.25, -0.2) is 11.4 Å². The lowest BCUT2D eigenvalue weighted by atomic mass is 10.0. The fourth-order valence-corrected chi connectivity index (χ4v) is 2.71. The number of esters is 1. The first-order chi connectivity index (χ1) is 10.2. The highest BCUT2D eigenvalue weighted by molar-refractivity contribution is 5.86. The number of ether oxygens (including phenoxy) is 1. The average molecular weight is 284 g/mol. The van der Waals surface area contributed by atoms with Crippen molar-refractivity contribution in [3.05, 3.63) is 52.9 Å². The van der Waals surface area contributed by atoms with Crippen LogP contribution in [-0.4, -0.2) is 37.6 Å². The van der Waals surface area contributed by atoms with Gasteiger partial charge in [0, 0.05) is 12.1 Å². The number of benzene rings is 1. The van der Waals surface area contributed by atoms with E-state index in [1.807, 2.05) is 12.1 Å². The number of methoxy groups -OCH3 is 1. The summed E-state index contributed by atoms with van der Waals surface area (Å²) in [6, 6.07) is 8.67. The van der Waals surface area contributed by atoms with Gasteiger partial charge in [-0.05, 0) is 36.6 Å². The summed E-state index contributed by atoms with van der Waals surface area (Å²) >= 11 is 0. The molecule has 21 heavy (non-hydrogen) atoms. The van der Waals surface area contributed by atoms with E-state index in [0.717, 1.165) is 25.1 Å². The number of rotatable bonds is 5. The van der Waals surface area contributed by atoms with E-state index in [0.29, 0.717) is 12.6 Å². The molecule has 0 N–H and O–H groups in total. The summed E-state index contributed by atoms with van der Waals surface area (Å²) in [5, 5.41) is 0. The summed E-state index contributed by atoms with van der Waals surface area (Å²) in [4.78, 5) is 16.9. The maximum absolute atomic E-state index is 11.1. The maximum atomic E-state index is 11.1. The van der Waals surface area contributed by atoms with E-state index in [-0.39, 0.29) is 5.97 Å². The lowest BCUT2D eigenvalue weighted by Gasteiger charge is -2.22. The molecule has 4 nitrogen and oxygen atoms in total. The zero-order valence-corrected chi connectivity index (χ0v) is 12.3. The first kappa shape index (κ1) is 15.3. The first-order valence-corrected chi connectivity index (χ1v) is 7.18. The van der Waals surface area contributed by atoms with Crippen molar-refractivity contribution in [2.24, 2.45) is 0 Å². The van der Waals surface area contributed by atoms with Crippen LogP contribution in [0.5, 0.6) is 0 Å². The molecule has 1 fully saturated rings. The largest absolute Gasteiger partial charge is 0.466 e. The fraction of sp³-hybridized carbons (Fsp3) is 0.412. The minimum Gasteiger partial charge on any atom is -0.466 e. The van der Waals surface area contributed by atoms with Gasteiger partial charge in [0.25, 0.3) is 0 Å². The van der Waals surface area contributed by atoms with Crippen molar-refractivity contribution in [1.82, 2.24) is 4.90 Å². The Bertz CT molecular complexity index is 543. The van der Waals surface area contributed by atoms with Gasteiger partial charge in [-0.2, -0.15) is 0 Å². The van der Waals surface area contributed by atoms with Gasteiger partial charge in [0.15, 0.2) is 0 Å². The molecule has 0 amide bonds. The molecule has 1 aromatic rings. The van der Waals surface area contributed by atoms with Gasteiger partial charge in [0.2, 0.25) is 6.54 Å². The third kappa shape index (κ3) is 4.17. The van der Waals surface area contributed by atoms with E-state index in [2.05, 4.69) is 26.6 Å². The number of likely N-dealkylation sites (tertiary alicyclic amines) is 1. The number of hydrogen-bond acceptors (Lipinski definition) is 3. The van der Waals surface area contributed by atoms with Crippen LogP contribution < -0.4 is 0 Å². The monoisotopic (exact) mass is 284 g/mol. The van der Waals surface area contributed by atoms with Gasteiger partial charge in [-0.15, -0.1) is 0 Å². The third-order valence-electron chi connectivity index (χ3n) is 3.80. The lowest BCUT2D eigenvalue weighted by molar-refractivity contribution is -0.134. The highest BCUT2D eigenvalue weighted by Gasteiger charge is 2.25. The highest BCUT2D eigenvalue weighted by atomic mass is 16.5. The fourth-order valence-electron chi connectivity index (χ4n) is 2.71. The third-order valence-corrected chi connectivity index (χ3v) is 3.80. The van der Waals surface area contributed by atoms with Crippen molar-refractivity contribution in [2.75, 3.05) is 26.7 Å². The number of hydrogen-bond donors (Lipinski definition) is 0. The Kier molecular flexibility index (Phi) is 5.53. The topological polar surface area (TPSA) is 33.9 Å². The van der Waals surface area contributed by atoms with E-state index in [4.69, 9.17) is 6.57 Å². The van der Waals surface area contributed by atoms with Crippen molar-refractivity contribution in [2.45, 2.75) is 18.9 Å². The van der Waals surface area contributed by atoms with Crippen LogP contribution in [0.25, 0.3) is 10.9 Å². The van der Waals surface area contributed by atoms with E-state index in [9.17, 15) is 4.79 Å². The van der Waals surface area contributed by atoms with Crippen LogP contribution in [-0.2, 0) is 9.53 Å². The van der Waals surface area contributed by atoms with E-state index in [1.165, 1.54) is 25.2 Å². The Morgan fingerprint density at radius 3 is 2.90 bits per heavy atom. The zero-order chi connectivity index (χ0) is 15.1. The molecular weight excluding hydrogens is 264 g/mol. The van der Waals surface area contributed by atoms with Gasteiger partial charge in [0.05, 0.1) is 13.7 Å². The molecule has 0 aliphatic carbocycles. The highest BCUT2D eigenvalue weighted by Crippen LogP contribution is 2.31. The molecular formula is C17H20N2O2. The molecule has 1 heterocycles. The summed E-state index contributed by atoms with van der Waals surface area (Å²) in [5.41, 5.74) is 2.27. The van der Waals surface area contributed by atoms with Crippen LogP contribution in [0.15, 0.2) is 30.3 Å². The number of nitrogens with zero attached hydrogens (tertiary/aromatic N) is 2.